The molecule has 1 aromatic carbocycles. The first-order chi connectivity index (χ1) is 11.8. The van der Waals surface area contributed by atoms with Crippen LogP contribution in [0.15, 0.2) is 29.3 Å². The third kappa shape index (κ3) is 10.5. The first-order valence-electron chi connectivity index (χ1n) is 8.68. The van der Waals surface area contributed by atoms with Gasteiger partial charge in [-0.25, -0.2) is 4.99 Å². The maximum absolute atomic E-state index is 5.99. The largest absolute Gasteiger partial charge is 0.379 e. The van der Waals surface area contributed by atoms with E-state index in [4.69, 9.17) is 21.1 Å². The van der Waals surface area contributed by atoms with E-state index in [1.807, 2.05) is 31.2 Å². The number of aliphatic imine (C=N–C) groups is 1. The van der Waals surface area contributed by atoms with Gasteiger partial charge in [0, 0.05) is 24.7 Å². The summed E-state index contributed by atoms with van der Waals surface area (Å²) in [7, 11) is 0. The minimum atomic E-state index is 0.585. The monoisotopic (exact) mass is 355 g/mol. The van der Waals surface area contributed by atoms with Gasteiger partial charge in [-0.3, -0.25) is 0 Å². The van der Waals surface area contributed by atoms with E-state index in [2.05, 4.69) is 22.5 Å². The summed E-state index contributed by atoms with van der Waals surface area (Å²) in [5.74, 6) is 0.778. The zero-order chi connectivity index (χ0) is 17.5. The SMILES string of the molecule is CCCCOCCOCCNC(=NCc1cccc(Cl)c1)NCC. The number of rotatable bonds is 12. The predicted molar refractivity (Wildman–Crippen MR) is 101 cm³/mol. The fourth-order valence-corrected chi connectivity index (χ4v) is 2.17. The fourth-order valence-electron chi connectivity index (χ4n) is 1.96. The number of guanidine groups is 1. The summed E-state index contributed by atoms with van der Waals surface area (Å²) >= 11 is 5.99. The van der Waals surface area contributed by atoms with Gasteiger partial charge in [0.15, 0.2) is 5.96 Å². The summed E-state index contributed by atoms with van der Waals surface area (Å²) in [4.78, 5) is 4.55. The van der Waals surface area contributed by atoms with Crippen molar-refractivity contribution in [3.05, 3.63) is 34.9 Å². The van der Waals surface area contributed by atoms with Crippen LogP contribution in [0.1, 0.15) is 32.3 Å². The van der Waals surface area contributed by atoms with Gasteiger partial charge in [0.1, 0.15) is 0 Å². The van der Waals surface area contributed by atoms with E-state index in [9.17, 15) is 0 Å². The van der Waals surface area contributed by atoms with Crippen LogP contribution in [0.3, 0.4) is 0 Å². The molecule has 2 N–H and O–H groups in total. The standard InChI is InChI=1S/C18H30ClN3O2/c1-3-5-10-23-12-13-24-11-9-21-18(20-4-2)22-15-16-7-6-8-17(19)14-16/h6-8,14H,3-5,9-13,15H2,1-2H3,(H2,20,21,22). The smallest absolute Gasteiger partial charge is 0.191 e. The molecule has 0 bridgehead atoms. The number of unbranched alkanes of at least 4 members (excludes halogenated alkanes) is 1. The van der Waals surface area contributed by atoms with E-state index >= 15 is 0 Å². The molecule has 6 heteroatoms. The zero-order valence-electron chi connectivity index (χ0n) is 14.8. The van der Waals surface area contributed by atoms with Crippen molar-refractivity contribution >= 4 is 17.6 Å². The summed E-state index contributed by atoms with van der Waals surface area (Å²) < 4.78 is 11.0. The second-order valence-corrected chi connectivity index (χ2v) is 5.77. The normalized spacial score (nSPS) is 11.5. The molecule has 0 aliphatic rings. The number of halogens is 1. The summed E-state index contributed by atoms with van der Waals surface area (Å²) in [6, 6.07) is 7.74. The molecule has 0 aromatic heterocycles. The third-order valence-electron chi connectivity index (χ3n) is 3.21. The molecule has 0 atom stereocenters. The number of hydrogen-bond acceptors (Lipinski definition) is 3. The highest BCUT2D eigenvalue weighted by Crippen LogP contribution is 2.11. The molecule has 0 unspecified atom stereocenters. The molecular weight excluding hydrogens is 326 g/mol. The van der Waals surface area contributed by atoms with Crippen LogP contribution in [-0.2, 0) is 16.0 Å². The molecule has 0 aliphatic carbocycles. The molecule has 0 saturated carbocycles. The lowest BCUT2D eigenvalue weighted by Crippen LogP contribution is -2.39. The second kappa shape index (κ2) is 14.1. The maximum atomic E-state index is 5.99. The van der Waals surface area contributed by atoms with Gasteiger partial charge in [0.25, 0.3) is 0 Å². The average molecular weight is 356 g/mol. The Labute approximate surface area is 150 Å². The summed E-state index contributed by atoms with van der Waals surface area (Å²) in [6.45, 7) is 9.02. The Bertz CT molecular complexity index is 469. The van der Waals surface area contributed by atoms with E-state index in [1.54, 1.807) is 0 Å². The third-order valence-corrected chi connectivity index (χ3v) is 3.44. The topological polar surface area (TPSA) is 54.9 Å². The molecule has 24 heavy (non-hydrogen) atoms. The van der Waals surface area contributed by atoms with Crippen LogP contribution in [0.25, 0.3) is 0 Å². The summed E-state index contributed by atoms with van der Waals surface area (Å²) in [6.07, 6.45) is 2.27. The van der Waals surface area contributed by atoms with Crippen molar-refractivity contribution in [3.63, 3.8) is 0 Å². The lowest BCUT2D eigenvalue weighted by molar-refractivity contribution is 0.0487. The Morgan fingerprint density at radius 3 is 2.58 bits per heavy atom. The summed E-state index contributed by atoms with van der Waals surface area (Å²) in [5.41, 5.74) is 1.08. The van der Waals surface area contributed by atoms with Crippen LogP contribution in [0, 0.1) is 0 Å². The summed E-state index contributed by atoms with van der Waals surface area (Å²) in [5, 5.41) is 7.21. The number of hydrogen-bond donors (Lipinski definition) is 2. The minimum Gasteiger partial charge on any atom is -0.379 e. The molecule has 1 aromatic rings. The van der Waals surface area contributed by atoms with Gasteiger partial charge >= 0.3 is 0 Å². The van der Waals surface area contributed by atoms with Crippen LogP contribution in [0.5, 0.6) is 0 Å². The Balaban J connectivity index is 2.19. The predicted octanol–water partition coefficient (Wildman–Crippen LogP) is 3.23. The molecular formula is C18H30ClN3O2. The van der Waals surface area contributed by atoms with E-state index < -0.39 is 0 Å². The molecule has 1 rings (SSSR count). The number of nitrogens with zero attached hydrogens (tertiary/aromatic N) is 1. The van der Waals surface area contributed by atoms with Crippen molar-refractivity contribution in [1.29, 1.82) is 0 Å². The lowest BCUT2D eigenvalue weighted by Gasteiger charge is -2.11. The molecule has 5 nitrogen and oxygen atoms in total. The van der Waals surface area contributed by atoms with Gasteiger partial charge in [-0.1, -0.05) is 37.1 Å². The molecule has 0 heterocycles. The van der Waals surface area contributed by atoms with Crippen molar-refractivity contribution in [2.24, 2.45) is 4.99 Å². The van der Waals surface area contributed by atoms with Crippen LogP contribution < -0.4 is 10.6 Å². The van der Waals surface area contributed by atoms with Gasteiger partial charge in [0.2, 0.25) is 0 Å². The Morgan fingerprint density at radius 2 is 1.88 bits per heavy atom. The number of benzene rings is 1. The fraction of sp³-hybridized carbons (Fsp3) is 0.611. The van der Waals surface area contributed by atoms with Crippen molar-refractivity contribution in [2.75, 3.05) is 39.5 Å². The highest BCUT2D eigenvalue weighted by molar-refractivity contribution is 6.30. The van der Waals surface area contributed by atoms with E-state index in [0.717, 1.165) is 42.5 Å². The first-order valence-corrected chi connectivity index (χ1v) is 9.06. The van der Waals surface area contributed by atoms with Crippen LogP contribution in [-0.4, -0.2) is 45.5 Å². The van der Waals surface area contributed by atoms with Crippen LogP contribution in [0.4, 0.5) is 0 Å². The van der Waals surface area contributed by atoms with Gasteiger partial charge in [-0.15, -0.1) is 0 Å². The van der Waals surface area contributed by atoms with E-state index in [0.29, 0.717) is 32.9 Å². The highest BCUT2D eigenvalue weighted by Gasteiger charge is 1.98. The van der Waals surface area contributed by atoms with E-state index in [-0.39, 0.29) is 0 Å². The van der Waals surface area contributed by atoms with Crippen molar-refractivity contribution in [2.45, 2.75) is 33.2 Å². The number of nitrogens with one attached hydrogen (secondary N) is 2. The van der Waals surface area contributed by atoms with Crippen molar-refractivity contribution < 1.29 is 9.47 Å². The highest BCUT2D eigenvalue weighted by atomic mass is 35.5. The minimum absolute atomic E-state index is 0.585. The second-order valence-electron chi connectivity index (χ2n) is 5.33. The van der Waals surface area contributed by atoms with Gasteiger partial charge < -0.3 is 20.1 Å². The van der Waals surface area contributed by atoms with Crippen molar-refractivity contribution in [1.82, 2.24) is 10.6 Å². The Hall–Kier alpha value is -1.30. The molecule has 0 radical (unpaired) electrons. The molecule has 0 amide bonds. The molecule has 0 spiro atoms. The molecule has 0 saturated heterocycles. The van der Waals surface area contributed by atoms with Gasteiger partial charge in [0.05, 0.1) is 26.4 Å². The number of ether oxygens (including phenoxy) is 2. The van der Waals surface area contributed by atoms with E-state index in [1.165, 1.54) is 0 Å². The van der Waals surface area contributed by atoms with Crippen LogP contribution >= 0.6 is 11.6 Å². The Kier molecular flexibility index (Phi) is 12.2. The zero-order valence-corrected chi connectivity index (χ0v) is 15.6. The molecule has 0 fully saturated rings. The van der Waals surface area contributed by atoms with Gasteiger partial charge in [-0.05, 0) is 31.0 Å². The van der Waals surface area contributed by atoms with Crippen molar-refractivity contribution in [3.8, 4) is 0 Å². The quantitative estimate of drug-likeness (QED) is 0.343. The maximum Gasteiger partial charge on any atom is 0.191 e. The Morgan fingerprint density at radius 1 is 1.08 bits per heavy atom. The lowest BCUT2D eigenvalue weighted by atomic mass is 10.2. The molecule has 0 aliphatic heterocycles. The van der Waals surface area contributed by atoms with Gasteiger partial charge in [-0.2, -0.15) is 0 Å². The van der Waals surface area contributed by atoms with Crippen LogP contribution in [0.2, 0.25) is 5.02 Å². The average Bonchev–Trinajstić information content (AvgIpc) is 2.58. The first kappa shape index (κ1) is 20.7. The molecule has 136 valence electrons.